The SMILES string of the molecule is COc1cc(C(=O)N(C)c2ccc(C)cc2OCCCCC(=C=O)N2CCN(C)CC2)ccc1C(=O)Nc1cccc2[nH]c(C(F)(F)F)nc12.Cl.Cl. The van der Waals surface area contributed by atoms with E-state index in [1.165, 1.54) is 48.4 Å². The largest absolute Gasteiger partial charge is 0.496 e. The number of allylic oxidation sites excluding steroid dienone is 1. The molecule has 2 amide bonds. The summed E-state index contributed by atoms with van der Waals surface area (Å²) in [6.45, 7) is 5.74. The number of H-pyrrole nitrogens is 1. The summed E-state index contributed by atoms with van der Waals surface area (Å²) >= 11 is 0. The van der Waals surface area contributed by atoms with Gasteiger partial charge in [-0.2, -0.15) is 13.2 Å². The van der Waals surface area contributed by atoms with Crippen molar-refractivity contribution >= 4 is 65.0 Å². The summed E-state index contributed by atoms with van der Waals surface area (Å²) in [5, 5.41) is 2.60. The topological polar surface area (TPSA) is 120 Å². The molecule has 0 saturated carbocycles. The molecule has 4 aromatic rings. The molecule has 0 unspecified atom stereocenters. The van der Waals surface area contributed by atoms with E-state index in [1.807, 2.05) is 19.1 Å². The third-order valence-electron chi connectivity index (χ3n) is 8.57. The van der Waals surface area contributed by atoms with Gasteiger partial charge in [0.15, 0.2) is 0 Å². The number of methoxy groups -OCH3 is 1. The first-order valence-electron chi connectivity index (χ1n) is 16.1. The van der Waals surface area contributed by atoms with Gasteiger partial charge in [-0.05, 0) is 81.3 Å². The lowest BCUT2D eigenvalue weighted by Crippen LogP contribution is -2.44. The van der Waals surface area contributed by atoms with Crippen LogP contribution in [0.2, 0.25) is 0 Å². The lowest BCUT2D eigenvalue weighted by atomic mass is 10.1. The second-order valence-electron chi connectivity index (χ2n) is 12.1. The Labute approximate surface area is 312 Å². The van der Waals surface area contributed by atoms with Crippen molar-refractivity contribution in [2.45, 2.75) is 32.4 Å². The molecule has 0 spiro atoms. The van der Waals surface area contributed by atoms with Crippen LogP contribution in [-0.4, -0.2) is 91.5 Å². The molecule has 0 atom stereocenters. The summed E-state index contributed by atoms with van der Waals surface area (Å²) in [5.41, 5.74) is 2.60. The fourth-order valence-corrected chi connectivity index (χ4v) is 5.71. The van der Waals surface area contributed by atoms with Gasteiger partial charge in [0.1, 0.15) is 23.0 Å². The summed E-state index contributed by atoms with van der Waals surface area (Å²) in [5.74, 6) is 0.500. The number of aromatic amines is 1. The van der Waals surface area contributed by atoms with E-state index in [9.17, 15) is 27.6 Å². The Balaban J connectivity index is 0.00000364. The van der Waals surface area contributed by atoms with Gasteiger partial charge in [-0.1, -0.05) is 12.1 Å². The zero-order valence-corrected chi connectivity index (χ0v) is 30.8. The number of alkyl halides is 3. The highest BCUT2D eigenvalue weighted by atomic mass is 35.5. The highest BCUT2D eigenvalue weighted by molar-refractivity contribution is 6.11. The number of carbonyl (C=O) groups excluding carboxylic acids is 3. The van der Waals surface area contributed by atoms with Crippen LogP contribution in [0.5, 0.6) is 11.5 Å². The minimum atomic E-state index is -4.69. The number of nitrogens with zero attached hydrogens (tertiary/aromatic N) is 4. The molecule has 1 aromatic heterocycles. The highest BCUT2D eigenvalue weighted by Gasteiger charge is 2.35. The zero-order chi connectivity index (χ0) is 36.0. The van der Waals surface area contributed by atoms with E-state index in [0.29, 0.717) is 36.6 Å². The maximum atomic E-state index is 13.7. The van der Waals surface area contributed by atoms with Crippen LogP contribution in [0.1, 0.15) is 51.4 Å². The quantitative estimate of drug-likeness (QED) is 0.120. The highest BCUT2D eigenvalue weighted by Crippen LogP contribution is 2.33. The number of hydrogen-bond donors (Lipinski definition) is 2. The number of fused-ring (bicyclic) bond motifs is 1. The summed E-state index contributed by atoms with van der Waals surface area (Å²) < 4.78 is 51.2. The number of benzene rings is 3. The van der Waals surface area contributed by atoms with Crippen molar-refractivity contribution < 1.29 is 37.0 Å². The molecule has 2 N–H and O–H groups in total. The maximum Gasteiger partial charge on any atom is 0.449 e. The van der Waals surface area contributed by atoms with Crippen molar-refractivity contribution in [3.05, 3.63) is 82.8 Å². The van der Waals surface area contributed by atoms with Crippen molar-refractivity contribution in [2.75, 3.05) is 64.2 Å². The molecule has 1 aliphatic heterocycles. The van der Waals surface area contributed by atoms with Crippen molar-refractivity contribution in [1.29, 1.82) is 0 Å². The molecule has 5 rings (SSSR count). The molecule has 52 heavy (non-hydrogen) atoms. The van der Waals surface area contributed by atoms with Crippen LogP contribution >= 0.6 is 24.8 Å². The Morgan fingerprint density at radius 1 is 1.02 bits per heavy atom. The molecule has 11 nitrogen and oxygen atoms in total. The lowest BCUT2D eigenvalue weighted by molar-refractivity contribution is -0.144. The lowest BCUT2D eigenvalue weighted by Gasteiger charge is -2.34. The summed E-state index contributed by atoms with van der Waals surface area (Å²) in [7, 11) is 5.02. The fraction of sp³-hybridized carbons (Fsp3) is 0.361. The minimum Gasteiger partial charge on any atom is -0.496 e. The van der Waals surface area contributed by atoms with Crippen LogP contribution in [0, 0.1) is 6.92 Å². The Hall–Kier alpha value is -4.75. The number of aromatic nitrogens is 2. The molecule has 1 aliphatic rings. The fourth-order valence-electron chi connectivity index (χ4n) is 5.71. The summed E-state index contributed by atoms with van der Waals surface area (Å²) in [4.78, 5) is 50.1. The van der Waals surface area contributed by atoms with Gasteiger partial charge in [0, 0.05) is 38.8 Å². The molecule has 16 heteroatoms. The maximum absolute atomic E-state index is 13.7. The van der Waals surface area contributed by atoms with Gasteiger partial charge in [-0.15, -0.1) is 24.8 Å². The monoisotopic (exact) mass is 764 g/mol. The third-order valence-corrected chi connectivity index (χ3v) is 8.57. The first-order chi connectivity index (χ1) is 23.9. The number of imidazole rings is 1. The molecule has 1 fully saturated rings. The Kier molecular flexibility index (Phi) is 14.5. The van der Waals surface area contributed by atoms with Crippen LogP contribution in [0.4, 0.5) is 24.5 Å². The number of carbonyl (C=O) groups is 2. The summed E-state index contributed by atoms with van der Waals surface area (Å²) in [6, 6.07) is 14.2. The third kappa shape index (κ3) is 9.77. The van der Waals surface area contributed by atoms with Gasteiger partial charge in [0.25, 0.3) is 11.8 Å². The van der Waals surface area contributed by atoms with Gasteiger partial charge < -0.3 is 34.5 Å². The number of piperazine rings is 1. The number of likely N-dealkylation sites (N-methyl/N-ethyl adjacent to an activating group) is 1. The van der Waals surface area contributed by atoms with Gasteiger partial charge in [0.05, 0.1) is 41.9 Å². The second-order valence-corrected chi connectivity index (χ2v) is 12.1. The van der Waals surface area contributed by atoms with Crippen LogP contribution in [0.3, 0.4) is 0 Å². The van der Waals surface area contributed by atoms with Gasteiger partial charge in [-0.25, -0.2) is 9.78 Å². The molecule has 280 valence electrons. The van der Waals surface area contributed by atoms with E-state index in [0.717, 1.165) is 38.2 Å². The molecule has 1 saturated heterocycles. The van der Waals surface area contributed by atoms with Crippen LogP contribution in [0.15, 0.2) is 60.3 Å². The van der Waals surface area contributed by atoms with E-state index in [-0.39, 0.29) is 58.4 Å². The first kappa shape index (κ1) is 41.7. The number of amides is 2. The minimum absolute atomic E-state index is 0. The predicted molar refractivity (Wildman–Crippen MR) is 198 cm³/mol. The van der Waals surface area contributed by atoms with Gasteiger partial charge in [-0.3, -0.25) is 9.59 Å². The smallest absolute Gasteiger partial charge is 0.449 e. The molecular weight excluding hydrogens is 724 g/mol. The summed E-state index contributed by atoms with van der Waals surface area (Å²) in [6.07, 6.45) is -2.63. The van der Waals surface area contributed by atoms with E-state index in [4.69, 9.17) is 9.47 Å². The van der Waals surface area contributed by atoms with Crippen molar-refractivity contribution in [3.63, 3.8) is 0 Å². The molecular formula is C36H41Cl2F3N6O5. The zero-order valence-electron chi connectivity index (χ0n) is 29.1. The van der Waals surface area contributed by atoms with Crippen LogP contribution in [0.25, 0.3) is 11.0 Å². The number of anilines is 2. The number of unbranched alkanes of at least 4 members (excludes halogenated alkanes) is 1. The van der Waals surface area contributed by atoms with Crippen LogP contribution in [-0.2, 0) is 11.0 Å². The van der Waals surface area contributed by atoms with Crippen molar-refractivity contribution in [3.8, 4) is 11.5 Å². The number of hydrogen-bond acceptors (Lipinski definition) is 8. The Morgan fingerprint density at radius 3 is 2.42 bits per heavy atom. The number of halogens is 5. The van der Waals surface area contributed by atoms with Crippen molar-refractivity contribution in [1.82, 2.24) is 19.8 Å². The number of rotatable bonds is 12. The molecule has 2 heterocycles. The standard InChI is InChI=1S/C36H39F3N6O5.2ClH/c1-23-11-14-29(31(20-23)50-19-6-5-8-25(22-46)45-17-15-43(2)16-18-45)44(3)34(48)24-12-13-26(30(21-24)49-4)33(47)40-27-9-7-10-28-32(27)42-35(41-28)36(37,38)39;;/h7,9-14,20-21H,5-6,8,15-19H2,1-4H3,(H,40,47)(H,41,42);2*1H. The average Bonchev–Trinajstić information content (AvgIpc) is 3.56. The number of nitrogens with one attached hydrogen (secondary N) is 2. The number of aryl methyl sites for hydroxylation is 1. The molecule has 0 bridgehead atoms. The van der Waals surface area contributed by atoms with E-state index in [2.05, 4.69) is 38.1 Å². The number of para-hydroxylation sites is 1. The van der Waals surface area contributed by atoms with E-state index >= 15 is 0 Å². The Bertz CT molecular complexity index is 1920. The van der Waals surface area contributed by atoms with Gasteiger partial charge >= 0.3 is 6.18 Å². The average molecular weight is 766 g/mol. The van der Waals surface area contributed by atoms with Gasteiger partial charge in [0.2, 0.25) is 5.82 Å². The van der Waals surface area contributed by atoms with Crippen LogP contribution < -0.4 is 19.7 Å². The van der Waals surface area contributed by atoms with E-state index in [1.54, 1.807) is 13.1 Å². The second kappa shape index (κ2) is 18.1. The van der Waals surface area contributed by atoms with Crippen molar-refractivity contribution in [2.24, 2.45) is 0 Å². The molecule has 0 radical (unpaired) electrons. The number of ether oxygens (including phenoxy) is 2. The molecule has 0 aliphatic carbocycles. The predicted octanol–water partition coefficient (Wildman–Crippen LogP) is 6.78. The molecule has 3 aromatic carbocycles. The Morgan fingerprint density at radius 2 is 1.75 bits per heavy atom. The first-order valence-corrected chi connectivity index (χ1v) is 16.1. The normalized spacial score (nSPS) is 13.0. The van der Waals surface area contributed by atoms with E-state index < -0.39 is 23.8 Å².